The number of carboxylic acids is 1. The van der Waals surface area contributed by atoms with Crippen LogP contribution in [0.15, 0.2) is 83.0 Å². The Kier molecular flexibility index (Phi) is 7.43. The van der Waals surface area contributed by atoms with Crippen molar-refractivity contribution in [1.29, 1.82) is 0 Å². The van der Waals surface area contributed by atoms with Crippen molar-refractivity contribution in [2.24, 2.45) is 10.2 Å². The summed E-state index contributed by atoms with van der Waals surface area (Å²) in [5, 5.41) is 39.6. The molecule has 1 atom stereocenters. The Morgan fingerprint density at radius 3 is 2.21 bits per heavy atom. The third kappa shape index (κ3) is 5.53. The lowest BCUT2D eigenvalue weighted by Gasteiger charge is -2.11. The number of azo groups is 1. The van der Waals surface area contributed by atoms with E-state index in [4.69, 9.17) is 0 Å². The number of hydrogen-bond acceptors (Lipinski definition) is 5. The molecular formula is C32H25F4N3O4. The summed E-state index contributed by atoms with van der Waals surface area (Å²) in [6, 6.07) is 16.2. The highest BCUT2D eigenvalue weighted by Gasteiger charge is 2.32. The van der Waals surface area contributed by atoms with Crippen LogP contribution in [0.1, 0.15) is 35.1 Å². The second kappa shape index (κ2) is 10.9. The van der Waals surface area contributed by atoms with E-state index in [1.165, 1.54) is 29.7 Å². The van der Waals surface area contributed by atoms with Crippen LogP contribution in [0, 0.1) is 19.7 Å². The van der Waals surface area contributed by atoms with Crippen molar-refractivity contribution in [3.05, 3.63) is 101 Å². The Labute approximate surface area is 243 Å². The molecule has 0 radical (unpaired) electrons. The van der Waals surface area contributed by atoms with Gasteiger partial charge in [0.15, 0.2) is 11.4 Å². The molecule has 5 aromatic rings. The summed E-state index contributed by atoms with van der Waals surface area (Å²) < 4.78 is 56.7. The third-order valence-electron chi connectivity index (χ3n) is 7.40. The molecule has 1 unspecified atom stereocenters. The van der Waals surface area contributed by atoms with E-state index < -0.39 is 41.1 Å². The molecule has 11 heteroatoms. The Morgan fingerprint density at radius 1 is 0.884 bits per heavy atom. The van der Waals surface area contributed by atoms with E-state index in [9.17, 15) is 37.7 Å². The molecule has 0 fully saturated rings. The first-order valence-corrected chi connectivity index (χ1v) is 13.1. The number of rotatable bonds is 6. The van der Waals surface area contributed by atoms with Gasteiger partial charge in [0, 0.05) is 22.7 Å². The summed E-state index contributed by atoms with van der Waals surface area (Å²) in [4.78, 5) is 11.3. The maximum Gasteiger partial charge on any atom is 0.416 e. The van der Waals surface area contributed by atoms with Crippen molar-refractivity contribution < 1.29 is 37.7 Å². The molecule has 0 spiro atoms. The molecule has 7 nitrogen and oxygen atoms in total. The van der Waals surface area contributed by atoms with Crippen molar-refractivity contribution in [2.45, 2.75) is 32.9 Å². The summed E-state index contributed by atoms with van der Waals surface area (Å²) in [6.45, 7) is 5.22. The number of aromatic nitrogens is 1. The Bertz CT molecular complexity index is 1910. The molecule has 0 saturated heterocycles. The van der Waals surface area contributed by atoms with Gasteiger partial charge in [0.05, 0.1) is 17.0 Å². The molecule has 0 saturated carbocycles. The molecule has 0 bridgehead atoms. The number of phenols is 1. The van der Waals surface area contributed by atoms with Crippen LogP contribution in [0.4, 0.5) is 28.9 Å². The zero-order chi connectivity index (χ0) is 31.2. The molecule has 4 aromatic carbocycles. The fourth-order valence-electron chi connectivity index (χ4n) is 4.74. The van der Waals surface area contributed by atoms with Gasteiger partial charge in [-0.2, -0.15) is 13.2 Å². The molecule has 0 amide bonds. The highest BCUT2D eigenvalue weighted by molar-refractivity contribution is 5.97. The number of nitrogens with zero attached hydrogens (tertiary/aromatic N) is 3. The van der Waals surface area contributed by atoms with Crippen LogP contribution in [-0.2, 0) is 11.0 Å². The van der Waals surface area contributed by atoms with Crippen LogP contribution >= 0.6 is 0 Å². The van der Waals surface area contributed by atoms with Crippen molar-refractivity contribution >= 4 is 28.2 Å². The smallest absolute Gasteiger partial charge is 0.416 e. The lowest BCUT2D eigenvalue weighted by molar-refractivity contribution is -0.138. The minimum atomic E-state index is -4.64. The first kappa shape index (κ1) is 29.3. The van der Waals surface area contributed by atoms with E-state index in [0.717, 1.165) is 35.4 Å². The van der Waals surface area contributed by atoms with Gasteiger partial charge in [-0.25, -0.2) is 4.39 Å². The summed E-state index contributed by atoms with van der Waals surface area (Å²) in [5.74, 6) is -3.49. The molecule has 43 heavy (non-hydrogen) atoms. The van der Waals surface area contributed by atoms with Gasteiger partial charge in [0.1, 0.15) is 11.5 Å². The van der Waals surface area contributed by atoms with Gasteiger partial charge in [-0.1, -0.05) is 30.3 Å². The number of benzene rings is 4. The Morgan fingerprint density at radius 2 is 1.58 bits per heavy atom. The minimum absolute atomic E-state index is 0.0179. The van der Waals surface area contributed by atoms with Gasteiger partial charge in [-0.05, 0) is 79.4 Å². The lowest BCUT2D eigenvalue weighted by Crippen LogP contribution is -2.06. The largest absolute Gasteiger partial charge is 0.505 e. The number of phenolic OH excluding ortho intramolecular Hbond substituents is 1. The molecule has 220 valence electrons. The highest BCUT2D eigenvalue weighted by Crippen LogP contribution is 2.45. The van der Waals surface area contributed by atoms with Crippen molar-refractivity contribution in [3.63, 3.8) is 0 Å². The minimum Gasteiger partial charge on any atom is -0.505 e. The summed E-state index contributed by atoms with van der Waals surface area (Å²) >= 11 is 0. The van der Waals surface area contributed by atoms with E-state index in [1.807, 2.05) is 13.8 Å². The number of alkyl halides is 3. The number of aromatic hydroxyl groups is 2. The maximum absolute atomic E-state index is 14.7. The van der Waals surface area contributed by atoms with Gasteiger partial charge in [-0.3, -0.25) is 9.36 Å². The molecule has 0 aliphatic carbocycles. The second-order valence-corrected chi connectivity index (χ2v) is 10.2. The fourth-order valence-corrected chi connectivity index (χ4v) is 4.74. The SMILES string of the molecule is Cc1ccc(-n2c(O)c(N=Nc3cc(F)cc(-c4ccc(C(C)C(=O)O)cc4)c3O)c3ccc(C(F)(F)F)cc32)cc1C. The average molecular weight is 592 g/mol. The van der Waals surface area contributed by atoms with E-state index in [2.05, 4.69) is 10.2 Å². The zero-order valence-corrected chi connectivity index (χ0v) is 23.1. The van der Waals surface area contributed by atoms with Crippen LogP contribution in [-0.4, -0.2) is 25.9 Å². The summed E-state index contributed by atoms with van der Waals surface area (Å²) in [6.07, 6.45) is -4.64. The summed E-state index contributed by atoms with van der Waals surface area (Å²) in [5.41, 5.74) is 1.74. The van der Waals surface area contributed by atoms with Gasteiger partial charge in [-0.15, -0.1) is 10.2 Å². The van der Waals surface area contributed by atoms with Crippen LogP contribution < -0.4 is 0 Å². The van der Waals surface area contributed by atoms with Gasteiger partial charge in [0.25, 0.3) is 0 Å². The van der Waals surface area contributed by atoms with Crippen LogP contribution in [0.25, 0.3) is 27.7 Å². The quantitative estimate of drug-likeness (QED) is 0.135. The van der Waals surface area contributed by atoms with Crippen LogP contribution in [0.5, 0.6) is 11.6 Å². The molecule has 0 aliphatic heterocycles. The van der Waals surface area contributed by atoms with Gasteiger partial charge < -0.3 is 15.3 Å². The number of carbonyl (C=O) groups is 1. The molecule has 3 N–H and O–H groups in total. The first-order chi connectivity index (χ1) is 20.3. The second-order valence-electron chi connectivity index (χ2n) is 10.2. The summed E-state index contributed by atoms with van der Waals surface area (Å²) in [7, 11) is 0. The predicted molar refractivity (Wildman–Crippen MR) is 153 cm³/mol. The molecular weight excluding hydrogens is 566 g/mol. The number of aliphatic carboxylic acids is 1. The molecule has 0 aliphatic rings. The van der Waals surface area contributed by atoms with Crippen molar-refractivity contribution in [2.75, 3.05) is 0 Å². The zero-order valence-electron chi connectivity index (χ0n) is 23.1. The Hall–Kier alpha value is -5.19. The third-order valence-corrected chi connectivity index (χ3v) is 7.40. The number of hydrogen-bond donors (Lipinski definition) is 3. The van der Waals surface area contributed by atoms with E-state index >= 15 is 0 Å². The number of aryl methyl sites for hydroxylation is 2. The maximum atomic E-state index is 14.7. The monoisotopic (exact) mass is 591 g/mol. The Balaban J connectivity index is 1.63. The fraction of sp³-hybridized carbons (Fsp3) is 0.156. The molecule has 1 heterocycles. The van der Waals surface area contributed by atoms with E-state index in [0.29, 0.717) is 16.8 Å². The van der Waals surface area contributed by atoms with Gasteiger partial charge in [0.2, 0.25) is 5.88 Å². The van der Waals surface area contributed by atoms with E-state index in [1.54, 1.807) is 30.3 Å². The highest BCUT2D eigenvalue weighted by atomic mass is 19.4. The van der Waals surface area contributed by atoms with Crippen molar-refractivity contribution in [3.8, 4) is 28.4 Å². The topological polar surface area (TPSA) is 107 Å². The number of halogens is 4. The van der Waals surface area contributed by atoms with Crippen LogP contribution in [0.2, 0.25) is 0 Å². The standard InChI is InChI=1S/C32H25F4N3O4/c1-16-4-10-23(12-17(16)2)39-27-13-21(32(34,35)36)9-11-24(27)28(30(39)41)38-37-26-15-22(33)14-25(29(26)40)20-7-5-19(6-8-20)18(3)31(42)43/h4-15,18,40-41H,1-3H3,(H,42,43). The van der Waals surface area contributed by atoms with Gasteiger partial charge >= 0.3 is 12.1 Å². The lowest BCUT2D eigenvalue weighted by atomic mass is 9.97. The first-order valence-electron chi connectivity index (χ1n) is 13.1. The average Bonchev–Trinajstić information content (AvgIpc) is 3.24. The number of carboxylic acid groups (broad SMARTS) is 1. The number of fused-ring (bicyclic) bond motifs is 1. The predicted octanol–water partition coefficient (Wildman–Crippen LogP) is 9.09. The molecule has 5 rings (SSSR count). The normalized spacial score (nSPS) is 12.7. The van der Waals surface area contributed by atoms with Crippen LogP contribution in [0.3, 0.4) is 0 Å². The van der Waals surface area contributed by atoms with E-state index in [-0.39, 0.29) is 27.8 Å². The van der Waals surface area contributed by atoms with Crippen molar-refractivity contribution in [1.82, 2.24) is 4.57 Å². The molecule has 1 aromatic heterocycles.